The van der Waals surface area contributed by atoms with Gasteiger partial charge >= 0.3 is 0 Å². The lowest BCUT2D eigenvalue weighted by Crippen LogP contribution is -2.42. The molecule has 1 aromatic rings. The Kier molecular flexibility index (Phi) is 4.80. The molecule has 136 valence electrons. The molecule has 2 aliphatic rings. The summed E-state index contributed by atoms with van der Waals surface area (Å²) in [5, 5.41) is 29.7. The lowest BCUT2D eigenvalue weighted by Gasteiger charge is -2.43. The molecule has 0 bridgehead atoms. The molecule has 2 atom stereocenters. The minimum Gasteiger partial charge on any atom is -0.497 e. The van der Waals surface area contributed by atoms with Crippen LogP contribution in [0.4, 0.5) is 0 Å². The second kappa shape index (κ2) is 7.06. The summed E-state index contributed by atoms with van der Waals surface area (Å²) >= 11 is 0. The second-order valence-corrected chi connectivity index (χ2v) is 6.71. The molecule has 0 saturated heterocycles. The molecule has 1 aromatic carbocycles. The van der Waals surface area contributed by atoms with Crippen molar-refractivity contribution in [3.05, 3.63) is 46.7 Å². The summed E-state index contributed by atoms with van der Waals surface area (Å²) < 4.78 is 10.8. The summed E-state index contributed by atoms with van der Waals surface area (Å²) in [6.07, 6.45) is 4.56. The summed E-state index contributed by atoms with van der Waals surface area (Å²) in [6.45, 7) is 0. The van der Waals surface area contributed by atoms with E-state index in [2.05, 4.69) is 18.2 Å². The first-order valence-electron chi connectivity index (χ1n) is 8.73. The number of hydrogen-bond acceptors (Lipinski definition) is 6. The highest BCUT2D eigenvalue weighted by Crippen LogP contribution is 2.57. The first-order valence-corrected chi connectivity index (χ1v) is 8.73. The number of fused-ring (bicyclic) bond motifs is 1. The van der Waals surface area contributed by atoms with Crippen LogP contribution >= 0.6 is 0 Å². The quantitative estimate of drug-likeness (QED) is 0.884. The normalized spacial score (nSPS) is 23.1. The SMILES string of the molecule is COc1ccc([C@@H]2[C@H]3CCCC=C3C(C#N)=C(N)C2(C#N)C#N)c(OC)c1. The predicted octanol–water partition coefficient (Wildman–Crippen LogP) is 3.30. The van der Waals surface area contributed by atoms with Crippen molar-refractivity contribution in [3.8, 4) is 29.7 Å². The van der Waals surface area contributed by atoms with Crippen LogP contribution in [0.2, 0.25) is 0 Å². The van der Waals surface area contributed by atoms with Crippen LogP contribution in [-0.2, 0) is 0 Å². The molecule has 0 aromatic heterocycles. The third-order valence-corrected chi connectivity index (χ3v) is 5.57. The van der Waals surface area contributed by atoms with Crippen LogP contribution in [0, 0.1) is 45.3 Å². The fourth-order valence-corrected chi connectivity index (χ4v) is 4.29. The first kappa shape index (κ1) is 18.4. The van der Waals surface area contributed by atoms with Gasteiger partial charge in [0.25, 0.3) is 0 Å². The predicted molar refractivity (Wildman–Crippen MR) is 98.2 cm³/mol. The topological polar surface area (TPSA) is 116 Å². The molecular formula is C21H20N4O2. The molecule has 6 nitrogen and oxygen atoms in total. The highest BCUT2D eigenvalue weighted by atomic mass is 16.5. The van der Waals surface area contributed by atoms with Crippen LogP contribution in [0.3, 0.4) is 0 Å². The Labute approximate surface area is 158 Å². The Morgan fingerprint density at radius 2 is 1.89 bits per heavy atom. The highest BCUT2D eigenvalue weighted by molar-refractivity contribution is 5.60. The number of hydrogen-bond donors (Lipinski definition) is 1. The van der Waals surface area contributed by atoms with Crippen molar-refractivity contribution in [1.82, 2.24) is 0 Å². The van der Waals surface area contributed by atoms with Gasteiger partial charge in [-0.3, -0.25) is 0 Å². The van der Waals surface area contributed by atoms with Crippen LogP contribution in [0.5, 0.6) is 11.5 Å². The van der Waals surface area contributed by atoms with E-state index in [1.54, 1.807) is 26.4 Å². The van der Waals surface area contributed by atoms with Crippen molar-refractivity contribution in [2.45, 2.75) is 25.2 Å². The average molecular weight is 360 g/mol. The number of rotatable bonds is 3. The van der Waals surface area contributed by atoms with Crippen LogP contribution in [0.15, 0.2) is 41.1 Å². The van der Waals surface area contributed by atoms with E-state index in [0.717, 1.165) is 30.4 Å². The van der Waals surface area contributed by atoms with Crippen molar-refractivity contribution in [1.29, 1.82) is 15.8 Å². The zero-order valence-corrected chi connectivity index (χ0v) is 15.3. The van der Waals surface area contributed by atoms with Gasteiger partial charge in [0, 0.05) is 17.5 Å². The number of allylic oxidation sites excluding steroid dienone is 4. The van der Waals surface area contributed by atoms with E-state index in [4.69, 9.17) is 15.2 Å². The fraction of sp³-hybridized carbons (Fsp3) is 0.381. The maximum Gasteiger partial charge on any atom is 0.191 e. The summed E-state index contributed by atoms with van der Waals surface area (Å²) in [4.78, 5) is 0. The van der Waals surface area contributed by atoms with Crippen molar-refractivity contribution < 1.29 is 9.47 Å². The van der Waals surface area contributed by atoms with Gasteiger partial charge < -0.3 is 15.2 Å². The van der Waals surface area contributed by atoms with Crippen molar-refractivity contribution >= 4 is 0 Å². The molecule has 0 amide bonds. The van der Waals surface area contributed by atoms with Crippen LogP contribution in [0.1, 0.15) is 30.7 Å². The zero-order valence-electron chi connectivity index (χ0n) is 15.3. The number of methoxy groups -OCH3 is 2. The average Bonchev–Trinajstić information content (AvgIpc) is 2.72. The molecule has 2 N–H and O–H groups in total. The van der Waals surface area contributed by atoms with Gasteiger partial charge in [-0.05, 0) is 36.8 Å². The minimum absolute atomic E-state index is 0.0299. The molecule has 6 heteroatoms. The Bertz CT molecular complexity index is 942. The van der Waals surface area contributed by atoms with Gasteiger partial charge in [0.15, 0.2) is 5.41 Å². The van der Waals surface area contributed by atoms with Crippen molar-refractivity contribution in [3.63, 3.8) is 0 Å². The highest BCUT2D eigenvalue weighted by Gasteiger charge is 2.54. The van der Waals surface area contributed by atoms with Crippen LogP contribution < -0.4 is 15.2 Å². The summed E-state index contributed by atoms with van der Waals surface area (Å²) in [6, 6.07) is 11.7. The number of nitrogens with zero attached hydrogens (tertiary/aromatic N) is 3. The molecule has 0 spiro atoms. The molecular weight excluding hydrogens is 340 g/mol. The van der Waals surface area contributed by atoms with Gasteiger partial charge in [-0.2, -0.15) is 15.8 Å². The maximum atomic E-state index is 10.0. The Hall–Kier alpha value is -3.43. The smallest absolute Gasteiger partial charge is 0.191 e. The van der Waals surface area contributed by atoms with Gasteiger partial charge in [-0.1, -0.05) is 12.1 Å². The van der Waals surface area contributed by atoms with Gasteiger partial charge in [0.1, 0.15) is 17.6 Å². The lowest BCUT2D eigenvalue weighted by molar-refractivity contribution is 0.304. The first-order chi connectivity index (χ1) is 13.1. The molecule has 0 radical (unpaired) electrons. The minimum atomic E-state index is -1.63. The molecule has 2 aliphatic carbocycles. The molecule has 0 unspecified atom stereocenters. The number of nitrogens with two attached hydrogens (primary N) is 1. The van der Waals surface area contributed by atoms with E-state index < -0.39 is 11.3 Å². The van der Waals surface area contributed by atoms with Crippen LogP contribution in [-0.4, -0.2) is 14.2 Å². The fourth-order valence-electron chi connectivity index (χ4n) is 4.29. The number of ether oxygens (including phenoxy) is 2. The molecule has 3 rings (SSSR count). The largest absolute Gasteiger partial charge is 0.497 e. The van der Waals surface area contributed by atoms with E-state index in [9.17, 15) is 15.8 Å². The van der Waals surface area contributed by atoms with Crippen LogP contribution in [0.25, 0.3) is 0 Å². The summed E-state index contributed by atoms with van der Waals surface area (Å²) in [5.74, 6) is 0.471. The monoisotopic (exact) mass is 360 g/mol. The van der Waals surface area contributed by atoms with Crippen molar-refractivity contribution in [2.75, 3.05) is 14.2 Å². The van der Waals surface area contributed by atoms with Gasteiger partial charge in [-0.15, -0.1) is 0 Å². The third-order valence-electron chi connectivity index (χ3n) is 5.57. The van der Waals surface area contributed by atoms with E-state index in [1.807, 2.05) is 12.1 Å². The maximum absolute atomic E-state index is 10.0. The standard InChI is InChI=1S/C21H20N4O2/c1-26-13-7-8-16(18(9-13)27-2)19-15-6-4-3-5-14(15)17(10-22)20(25)21(19,11-23)12-24/h5,7-9,15,19H,3-4,6,25H2,1-2H3/t15-,19-/m0/s1. The second-order valence-electron chi connectivity index (χ2n) is 6.71. The number of benzene rings is 1. The van der Waals surface area contributed by atoms with E-state index in [1.165, 1.54) is 0 Å². The lowest BCUT2D eigenvalue weighted by atomic mass is 9.56. The summed E-state index contributed by atoms with van der Waals surface area (Å²) in [5.41, 5.74) is 6.50. The van der Waals surface area contributed by atoms with E-state index in [0.29, 0.717) is 11.5 Å². The van der Waals surface area contributed by atoms with E-state index in [-0.39, 0.29) is 17.2 Å². The molecule has 27 heavy (non-hydrogen) atoms. The number of nitriles is 3. The van der Waals surface area contributed by atoms with Gasteiger partial charge in [0.05, 0.1) is 37.6 Å². The molecule has 0 heterocycles. The molecule has 0 saturated carbocycles. The zero-order chi connectivity index (χ0) is 19.6. The van der Waals surface area contributed by atoms with Crippen molar-refractivity contribution in [2.24, 2.45) is 17.1 Å². The van der Waals surface area contributed by atoms with Gasteiger partial charge in [0.2, 0.25) is 0 Å². The third kappa shape index (κ3) is 2.60. The molecule has 0 aliphatic heterocycles. The Morgan fingerprint density at radius 1 is 1.15 bits per heavy atom. The Morgan fingerprint density at radius 3 is 2.48 bits per heavy atom. The Balaban J connectivity index is 2.34. The van der Waals surface area contributed by atoms with Gasteiger partial charge in [-0.25, -0.2) is 0 Å². The summed E-state index contributed by atoms with van der Waals surface area (Å²) in [7, 11) is 3.10. The molecule has 0 fully saturated rings. The van der Waals surface area contributed by atoms with E-state index >= 15 is 0 Å².